The number of benzene rings is 1. The number of nitrogens with zero attached hydrogens (tertiary/aromatic N) is 3. The number of rotatable bonds is 2. The lowest BCUT2D eigenvalue weighted by molar-refractivity contribution is -0.274. The first-order chi connectivity index (χ1) is 9.03. The van der Waals surface area contributed by atoms with Gasteiger partial charge in [0.05, 0.1) is 11.9 Å². The van der Waals surface area contributed by atoms with E-state index in [9.17, 15) is 13.2 Å². The molecule has 0 saturated carbocycles. The van der Waals surface area contributed by atoms with Crippen LogP contribution in [0.3, 0.4) is 0 Å². The Hall–Kier alpha value is -2.09. The zero-order valence-corrected chi connectivity index (χ0v) is 10.1. The van der Waals surface area contributed by atoms with Crippen LogP contribution in [0.4, 0.5) is 13.2 Å². The summed E-state index contributed by atoms with van der Waals surface area (Å²) < 4.78 is 42.0. The van der Waals surface area contributed by atoms with Gasteiger partial charge in [0.15, 0.2) is 0 Å². The Balaban J connectivity index is 2.02. The van der Waals surface area contributed by atoms with Crippen molar-refractivity contribution < 1.29 is 17.9 Å². The third kappa shape index (κ3) is 2.39. The lowest BCUT2D eigenvalue weighted by Gasteiger charge is -2.09. The normalized spacial score (nSPS) is 11.9. The second-order valence-corrected chi connectivity index (χ2v) is 4.46. The Kier molecular flexibility index (Phi) is 2.67. The maximum Gasteiger partial charge on any atom is 0.573 e. The highest BCUT2D eigenvalue weighted by atomic mass is 32.1. The van der Waals surface area contributed by atoms with E-state index in [0.29, 0.717) is 16.2 Å². The van der Waals surface area contributed by atoms with E-state index in [1.807, 2.05) is 0 Å². The summed E-state index contributed by atoms with van der Waals surface area (Å²) in [6, 6.07) is 5.71. The largest absolute Gasteiger partial charge is 0.573 e. The molecular weight excluding hydrogens is 279 g/mol. The summed E-state index contributed by atoms with van der Waals surface area (Å²) in [6.07, 6.45) is -3.14. The number of fused-ring (bicyclic) bond motifs is 1. The maximum absolute atomic E-state index is 12.2. The minimum atomic E-state index is -4.70. The summed E-state index contributed by atoms with van der Waals surface area (Å²) in [5.41, 5.74) is 2.78. The summed E-state index contributed by atoms with van der Waals surface area (Å²) in [4.78, 5) is 4.79. The van der Waals surface area contributed by atoms with Crippen LogP contribution in [0.15, 0.2) is 36.0 Å². The molecule has 0 bridgehead atoms. The summed E-state index contributed by atoms with van der Waals surface area (Å²) in [5, 5.41) is 4.07. The second-order valence-electron chi connectivity index (χ2n) is 3.65. The van der Waals surface area contributed by atoms with E-state index in [0.717, 1.165) is 0 Å². The molecule has 0 radical (unpaired) electrons. The first kappa shape index (κ1) is 12.0. The molecule has 0 unspecified atom stereocenters. The molecule has 0 aliphatic rings. The van der Waals surface area contributed by atoms with Gasteiger partial charge in [-0.15, -0.1) is 13.2 Å². The molecular formula is C11H6F3N3OS. The van der Waals surface area contributed by atoms with Crippen molar-refractivity contribution >= 4 is 16.3 Å². The first-order valence-electron chi connectivity index (χ1n) is 5.16. The van der Waals surface area contributed by atoms with Crippen LogP contribution in [-0.4, -0.2) is 21.0 Å². The maximum atomic E-state index is 12.2. The highest BCUT2D eigenvalue weighted by Crippen LogP contribution is 2.28. The highest BCUT2D eigenvalue weighted by Gasteiger charge is 2.31. The lowest BCUT2D eigenvalue weighted by Crippen LogP contribution is -2.17. The number of ether oxygens (including phenoxy) is 1. The van der Waals surface area contributed by atoms with Gasteiger partial charge in [-0.25, -0.2) is 9.50 Å². The zero-order chi connectivity index (χ0) is 13.5. The SMILES string of the molecule is FC(F)(F)Oc1cccc(-c2cnc3scnn23)c1. The number of hydrogen-bond donors (Lipinski definition) is 0. The molecule has 0 aliphatic carbocycles. The Morgan fingerprint density at radius 3 is 2.89 bits per heavy atom. The van der Waals surface area contributed by atoms with Crippen LogP contribution >= 0.6 is 11.3 Å². The molecule has 0 spiro atoms. The monoisotopic (exact) mass is 285 g/mol. The van der Waals surface area contributed by atoms with Gasteiger partial charge in [0.25, 0.3) is 0 Å². The standard InChI is InChI=1S/C11H6F3N3OS/c12-11(13,14)18-8-3-1-2-7(4-8)9-5-15-10-17(9)16-6-19-10/h1-6H. The van der Waals surface area contributed by atoms with E-state index in [2.05, 4.69) is 14.8 Å². The Morgan fingerprint density at radius 1 is 1.26 bits per heavy atom. The van der Waals surface area contributed by atoms with Crippen molar-refractivity contribution in [3.05, 3.63) is 36.0 Å². The van der Waals surface area contributed by atoms with Crippen molar-refractivity contribution in [3.63, 3.8) is 0 Å². The minimum Gasteiger partial charge on any atom is -0.406 e. The third-order valence-electron chi connectivity index (χ3n) is 2.39. The predicted octanol–water partition coefficient (Wildman–Crippen LogP) is 3.36. The number of halogens is 3. The predicted molar refractivity (Wildman–Crippen MR) is 63.0 cm³/mol. The molecule has 2 aromatic heterocycles. The van der Waals surface area contributed by atoms with Crippen molar-refractivity contribution in [2.45, 2.75) is 6.36 Å². The van der Waals surface area contributed by atoms with Crippen molar-refractivity contribution in [2.24, 2.45) is 0 Å². The zero-order valence-electron chi connectivity index (χ0n) is 9.26. The fraction of sp³-hybridized carbons (Fsp3) is 0.0909. The van der Waals surface area contributed by atoms with Gasteiger partial charge in [-0.2, -0.15) is 5.10 Å². The van der Waals surface area contributed by atoms with Crippen molar-refractivity contribution in [3.8, 4) is 17.0 Å². The van der Waals surface area contributed by atoms with Gasteiger partial charge in [-0.05, 0) is 12.1 Å². The van der Waals surface area contributed by atoms with Crippen LogP contribution in [0.25, 0.3) is 16.2 Å². The molecule has 98 valence electrons. The average molecular weight is 285 g/mol. The van der Waals surface area contributed by atoms with E-state index >= 15 is 0 Å². The Labute approximate surface area is 109 Å². The van der Waals surface area contributed by atoms with Gasteiger partial charge < -0.3 is 4.74 Å². The molecule has 3 aromatic rings. The van der Waals surface area contributed by atoms with Crippen LogP contribution in [0.2, 0.25) is 0 Å². The van der Waals surface area contributed by atoms with Gasteiger partial charge in [0.2, 0.25) is 4.96 Å². The molecule has 19 heavy (non-hydrogen) atoms. The van der Waals surface area contributed by atoms with E-state index in [4.69, 9.17) is 0 Å². The number of alkyl halides is 3. The third-order valence-corrected chi connectivity index (χ3v) is 3.08. The molecule has 0 N–H and O–H groups in total. The van der Waals surface area contributed by atoms with Gasteiger partial charge in [-0.3, -0.25) is 0 Å². The number of aromatic nitrogens is 3. The molecule has 2 heterocycles. The van der Waals surface area contributed by atoms with Gasteiger partial charge in [-0.1, -0.05) is 23.5 Å². The summed E-state index contributed by atoms with van der Waals surface area (Å²) in [6.45, 7) is 0. The smallest absolute Gasteiger partial charge is 0.406 e. The Bertz CT molecular complexity index is 719. The summed E-state index contributed by atoms with van der Waals surface area (Å²) in [5.74, 6) is -0.268. The highest BCUT2D eigenvalue weighted by molar-refractivity contribution is 7.14. The number of imidazole rings is 1. The summed E-state index contributed by atoms with van der Waals surface area (Å²) >= 11 is 1.35. The van der Waals surface area contributed by atoms with Crippen LogP contribution in [0.5, 0.6) is 5.75 Å². The lowest BCUT2D eigenvalue weighted by atomic mass is 10.1. The molecule has 8 heteroatoms. The van der Waals surface area contributed by atoms with E-state index in [1.165, 1.54) is 29.5 Å². The molecule has 0 saturated heterocycles. The second kappa shape index (κ2) is 4.23. The quantitative estimate of drug-likeness (QED) is 0.724. The van der Waals surface area contributed by atoms with Crippen LogP contribution in [0, 0.1) is 0 Å². The van der Waals surface area contributed by atoms with E-state index < -0.39 is 6.36 Å². The van der Waals surface area contributed by atoms with Crippen molar-refractivity contribution in [2.75, 3.05) is 0 Å². The molecule has 0 aliphatic heterocycles. The number of hydrogen-bond acceptors (Lipinski definition) is 4. The Morgan fingerprint density at radius 2 is 2.11 bits per heavy atom. The minimum absolute atomic E-state index is 0.268. The van der Waals surface area contributed by atoms with E-state index in [1.54, 1.807) is 22.3 Å². The fourth-order valence-electron chi connectivity index (χ4n) is 1.69. The van der Waals surface area contributed by atoms with Crippen LogP contribution < -0.4 is 4.74 Å². The fourth-order valence-corrected chi connectivity index (χ4v) is 2.28. The molecule has 0 atom stereocenters. The molecule has 1 aromatic carbocycles. The molecule has 0 amide bonds. The van der Waals surface area contributed by atoms with Crippen LogP contribution in [0.1, 0.15) is 0 Å². The van der Waals surface area contributed by atoms with Gasteiger partial charge in [0, 0.05) is 5.56 Å². The topological polar surface area (TPSA) is 39.4 Å². The van der Waals surface area contributed by atoms with E-state index in [-0.39, 0.29) is 5.75 Å². The summed E-state index contributed by atoms with van der Waals surface area (Å²) in [7, 11) is 0. The van der Waals surface area contributed by atoms with Crippen LogP contribution in [-0.2, 0) is 0 Å². The first-order valence-corrected chi connectivity index (χ1v) is 6.04. The van der Waals surface area contributed by atoms with Gasteiger partial charge >= 0.3 is 6.36 Å². The van der Waals surface area contributed by atoms with Gasteiger partial charge in [0.1, 0.15) is 11.3 Å². The van der Waals surface area contributed by atoms with Crippen molar-refractivity contribution in [1.82, 2.24) is 14.6 Å². The van der Waals surface area contributed by atoms with Crippen molar-refractivity contribution in [1.29, 1.82) is 0 Å². The average Bonchev–Trinajstić information content (AvgIpc) is 2.87. The molecule has 0 fully saturated rings. The molecule has 4 nitrogen and oxygen atoms in total. The molecule has 3 rings (SSSR count).